The highest BCUT2D eigenvalue weighted by atomic mass is 16.5. The van der Waals surface area contributed by atoms with E-state index in [0.717, 1.165) is 60.8 Å². The van der Waals surface area contributed by atoms with Gasteiger partial charge in [0.15, 0.2) is 0 Å². The molecule has 4 rings (SSSR count). The number of methoxy groups -OCH3 is 1. The third-order valence-electron chi connectivity index (χ3n) is 4.58. The van der Waals surface area contributed by atoms with Gasteiger partial charge in [-0.05, 0) is 35.9 Å². The lowest BCUT2D eigenvalue weighted by atomic mass is 10.1. The Morgan fingerprint density at radius 2 is 2.11 bits per heavy atom. The molecular weight excluding hydrogens is 342 g/mol. The molecule has 3 aromatic rings. The molecular formula is C20H23N5O2. The fourth-order valence-electron chi connectivity index (χ4n) is 3.18. The summed E-state index contributed by atoms with van der Waals surface area (Å²) in [5.74, 6) is 1.51. The molecule has 0 amide bonds. The van der Waals surface area contributed by atoms with Crippen LogP contribution in [0, 0.1) is 0 Å². The van der Waals surface area contributed by atoms with Crippen molar-refractivity contribution in [2.24, 2.45) is 5.10 Å². The van der Waals surface area contributed by atoms with Crippen LogP contribution in [0.4, 0.5) is 5.95 Å². The molecule has 7 heteroatoms. The van der Waals surface area contributed by atoms with Crippen LogP contribution >= 0.6 is 0 Å². The summed E-state index contributed by atoms with van der Waals surface area (Å²) in [7, 11) is 1.70. The van der Waals surface area contributed by atoms with Gasteiger partial charge in [-0.2, -0.15) is 5.10 Å². The molecule has 0 aliphatic carbocycles. The van der Waals surface area contributed by atoms with Gasteiger partial charge in [-0.15, -0.1) is 0 Å². The lowest BCUT2D eigenvalue weighted by Gasteiger charge is -2.27. The molecule has 1 aliphatic rings. The fourth-order valence-corrected chi connectivity index (χ4v) is 3.18. The number of hydrazone groups is 1. The van der Waals surface area contributed by atoms with Crippen molar-refractivity contribution in [3.8, 4) is 5.75 Å². The number of para-hydroxylation sites is 2. The number of nitrogens with zero attached hydrogens (tertiary/aromatic N) is 3. The zero-order chi connectivity index (χ0) is 18.5. The third kappa shape index (κ3) is 4.27. The molecule has 0 unspecified atom stereocenters. The van der Waals surface area contributed by atoms with Crippen LogP contribution in [-0.4, -0.2) is 54.5 Å². The van der Waals surface area contributed by atoms with Gasteiger partial charge in [0, 0.05) is 25.2 Å². The first kappa shape index (κ1) is 17.5. The second kappa shape index (κ2) is 8.20. The van der Waals surface area contributed by atoms with Crippen molar-refractivity contribution in [2.45, 2.75) is 6.54 Å². The maximum atomic E-state index is 5.52. The van der Waals surface area contributed by atoms with Gasteiger partial charge >= 0.3 is 0 Å². The third-order valence-corrected chi connectivity index (χ3v) is 4.58. The molecule has 0 atom stereocenters. The van der Waals surface area contributed by atoms with Gasteiger partial charge in [0.05, 0.1) is 37.6 Å². The molecule has 27 heavy (non-hydrogen) atoms. The van der Waals surface area contributed by atoms with Crippen molar-refractivity contribution in [2.75, 3.05) is 38.8 Å². The number of aromatic amines is 1. The molecule has 2 heterocycles. The van der Waals surface area contributed by atoms with E-state index >= 15 is 0 Å². The van der Waals surface area contributed by atoms with Crippen molar-refractivity contribution in [3.05, 3.63) is 53.6 Å². The molecule has 1 saturated heterocycles. The molecule has 2 aromatic carbocycles. The zero-order valence-electron chi connectivity index (χ0n) is 15.3. The summed E-state index contributed by atoms with van der Waals surface area (Å²) in [5.41, 5.74) is 6.99. The van der Waals surface area contributed by atoms with Gasteiger partial charge < -0.3 is 14.5 Å². The van der Waals surface area contributed by atoms with Gasteiger partial charge in [-0.1, -0.05) is 12.1 Å². The fraction of sp³-hybridized carbons (Fsp3) is 0.300. The van der Waals surface area contributed by atoms with Crippen molar-refractivity contribution >= 4 is 23.2 Å². The monoisotopic (exact) mass is 365 g/mol. The number of H-pyrrole nitrogens is 1. The van der Waals surface area contributed by atoms with Crippen LogP contribution in [0.2, 0.25) is 0 Å². The number of morpholine rings is 1. The van der Waals surface area contributed by atoms with Gasteiger partial charge in [0.2, 0.25) is 5.95 Å². The molecule has 140 valence electrons. The predicted molar refractivity (Wildman–Crippen MR) is 106 cm³/mol. The van der Waals surface area contributed by atoms with Crippen molar-refractivity contribution in [1.29, 1.82) is 0 Å². The van der Waals surface area contributed by atoms with Gasteiger partial charge in [0.25, 0.3) is 0 Å². The quantitative estimate of drug-likeness (QED) is 0.519. The zero-order valence-corrected chi connectivity index (χ0v) is 15.3. The highest BCUT2D eigenvalue weighted by Crippen LogP contribution is 2.21. The highest BCUT2D eigenvalue weighted by molar-refractivity contribution is 5.81. The Kier molecular flexibility index (Phi) is 5.32. The maximum Gasteiger partial charge on any atom is 0.222 e. The topological polar surface area (TPSA) is 74.8 Å². The minimum absolute atomic E-state index is 0.620. The molecule has 7 nitrogen and oxygen atoms in total. The van der Waals surface area contributed by atoms with E-state index in [9.17, 15) is 0 Å². The largest absolute Gasteiger partial charge is 0.496 e. The average molecular weight is 365 g/mol. The smallest absolute Gasteiger partial charge is 0.222 e. The van der Waals surface area contributed by atoms with Crippen LogP contribution in [0.1, 0.15) is 11.1 Å². The molecule has 1 aromatic heterocycles. The number of aromatic nitrogens is 2. The van der Waals surface area contributed by atoms with Gasteiger partial charge in [0.1, 0.15) is 5.75 Å². The SMILES string of the molecule is COc1ccc(/C=N/Nc2nc3ccccc3[nH]2)cc1CN1CCOCC1. The number of hydrogen-bond donors (Lipinski definition) is 2. The van der Waals surface area contributed by atoms with E-state index in [2.05, 4.69) is 31.5 Å². The van der Waals surface area contributed by atoms with E-state index in [4.69, 9.17) is 9.47 Å². The number of benzene rings is 2. The molecule has 1 fully saturated rings. The Morgan fingerprint density at radius 3 is 2.93 bits per heavy atom. The summed E-state index contributed by atoms with van der Waals surface area (Å²) in [6.07, 6.45) is 1.79. The molecule has 0 bridgehead atoms. The Hall–Kier alpha value is -2.90. The van der Waals surface area contributed by atoms with Crippen molar-refractivity contribution < 1.29 is 9.47 Å². The second-order valence-electron chi connectivity index (χ2n) is 6.43. The highest BCUT2D eigenvalue weighted by Gasteiger charge is 2.13. The Morgan fingerprint density at radius 1 is 1.26 bits per heavy atom. The number of anilines is 1. The summed E-state index contributed by atoms with van der Waals surface area (Å²) in [4.78, 5) is 10.0. The predicted octanol–water partition coefficient (Wildman–Crippen LogP) is 2.85. The van der Waals surface area contributed by atoms with E-state index in [1.807, 2.05) is 36.4 Å². The number of fused-ring (bicyclic) bond motifs is 1. The minimum atomic E-state index is 0.620. The molecule has 1 aliphatic heterocycles. The Bertz CT molecular complexity index is 898. The van der Waals surface area contributed by atoms with Crippen LogP contribution in [0.15, 0.2) is 47.6 Å². The first-order valence-corrected chi connectivity index (χ1v) is 9.03. The lowest BCUT2D eigenvalue weighted by Crippen LogP contribution is -2.35. The number of hydrogen-bond acceptors (Lipinski definition) is 6. The Labute approximate surface area is 158 Å². The average Bonchev–Trinajstić information content (AvgIpc) is 3.12. The van der Waals surface area contributed by atoms with Gasteiger partial charge in [-0.25, -0.2) is 10.4 Å². The van der Waals surface area contributed by atoms with E-state index in [-0.39, 0.29) is 0 Å². The maximum absolute atomic E-state index is 5.52. The molecule has 0 saturated carbocycles. The summed E-state index contributed by atoms with van der Waals surface area (Å²) >= 11 is 0. The normalized spacial score (nSPS) is 15.4. The number of nitrogens with one attached hydrogen (secondary N) is 2. The number of ether oxygens (including phenoxy) is 2. The number of rotatable bonds is 6. The second-order valence-corrected chi connectivity index (χ2v) is 6.43. The minimum Gasteiger partial charge on any atom is -0.496 e. The standard InChI is InChI=1S/C20H23N5O2/c1-26-19-7-6-15(12-16(19)14-25-8-10-27-11-9-25)13-21-24-20-22-17-4-2-3-5-18(17)23-20/h2-7,12-13H,8-11,14H2,1H3,(H2,22,23,24)/b21-13+. The number of imidazole rings is 1. The first-order valence-electron chi connectivity index (χ1n) is 9.03. The lowest BCUT2D eigenvalue weighted by molar-refractivity contribution is 0.0339. The van der Waals surface area contributed by atoms with E-state index in [1.54, 1.807) is 13.3 Å². The van der Waals surface area contributed by atoms with Crippen LogP contribution in [0.3, 0.4) is 0 Å². The van der Waals surface area contributed by atoms with Gasteiger partial charge in [-0.3, -0.25) is 4.90 Å². The molecule has 2 N–H and O–H groups in total. The summed E-state index contributed by atoms with van der Waals surface area (Å²) in [5, 5.41) is 4.31. The van der Waals surface area contributed by atoms with E-state index < -0.39 is 0 Å². The summed E-state index contributed by atoms with van der Waals surface area (Å²) in [6, 6.07) is 14.0. The van der Waals surface area contributed by atoms with Crippen LogP contribution in [-0.2, 0) is 11.3 Å². The first-order chi connectivity index (χ1) is 13.3. The van der Waals surface area contributed by atoms with Crippen molar-refractivity contribution in [1.82, 2.24) is 14.9 Å². The van der Waals surface area contributed by atoms with Crippen molar-refractivity contribution in [3.63, 3.8) is 0 Å². The Balaban J connectivity index is 1.45. The van der Waals surface area contributed by atoms with E-state index in [0.29, 0.717) is 5.95 Å². The van der Waals surface area contributed by atoms with Crippen LogP contribution in [0.5, 0.6) is 5.75 Å². The summed E-state index contributed by atoms with van der Waals surface area (Å²) in [6.45, 7) is 4.28. The molecule has 0 radical (unpaired) electrons. The van der Waals surface area contributed by atoms with Crippen LogP contribution in [0.25, 0.3) is 11.0 Å². The van der Waals surface area contributed by atoms with E-state index in [1.165, 1.54) is 0 Å². The van der Waals surface area contributed by atoms with Crippen LogP contribution < -0.4 is 10.2 Å². The molecule has 0 spiro atoms. The summed E-state index contributed by atoms with van der Waals surface area (Å²) < 4.78 is 10.9.